The molecule has 0 spiro atoms. The lowest BCUT2D eigenvalue weighted by Gasteiger charge is -2.04. The molecule has 4 heterocycles. The monoisotopic (exact) mass is 484 g/mol. The normalized spacial score (nSPS) is 12.7. The average molecular weight is 485 g/mol. The Kier molecular flexibility index (Phi) is 3.18. The number of para-hydroxylation sites is 2. The van der Waals surface area contributed by atoms with E-state index in [9.17, 15) is 0 Å². The van der Waals surface area contributed by atoms with Crippen LogP contribution in [0.2, 0.25) is 0 Å². The number of aromatic amines is 4. The van der Waals surface area contributed by atoms with Gasteiger partial charge in [0.2, 0.25) is 0 Å². The minimum atomic E-state index is 1.17. The fourth-order valence-corrected chi connectivity index (χ4v) is 6.90. The molecule has 4 nitrogen and oxygen atoms in total. The molecule has 4 aromatic heterocycles. The number of nitrogens with one attached hydrogen (secondary N) is 4. The average Bonchev–Trinajstić information content (AvgIpc) is 3.69. The molecule has 0 amide bonds. The van der Waals surface area contributed by atoms with Crippen molar-refractivity contribution in [1.82, 2.24) is 19.9 Å². The summed E-state index contributed by atoms with van der Waals surface area (Å²) in [4.78, 5) is 14.7. The first-order valence-electron chi connectivity index (χ1n) is 13.0. The molecule has 0 bridgehead atoms. The van der Waals surface area contributed by atoms with E-state index < -0.39 is 0 Å². The summed E-state index contributed by atoms with van der Waals surface area (Å²) in [5.74, 6) is 0. The smallest absolute Gasteiger partial charge is 0.0472 e. The Morgan fingerprint density at radius 2 is 0.658 bits per heavy atom. The summed E-state index contributed by atoms with van der Waals surface area (Å²) in [6.45, 7) is 0. The van der Waals surface area contributed by atoms with Gasteiger partial charge in [-0.1, -0.05) is 48.5 Å². The van der Waals surface area contributed by atoms with Gasteiger partial charge in [0.25, 0.3) is 0 Å². The van der Waals surface area contributed by atoms with Gasteiger partial charge in [-0.05, 0) is 59.3 Å². The van der Waals surface area contributed by atoms with Gasteiger partial charge < -0.3 is 19.9 Å². The predicted octanol–water partition coefficient (Wildman–Crippen LogP) is 9.38. The second-order valence-electron chi connectivity index (χ2n) is 10.5. The molecular formula is C34H20N4. The van der Waals surface area contributed by atoms with E-state index in [4.69, 9.17) is 0 Å². The summed E-state index contributed by atoms with van der Waals surface area (Å²) in [5, 5.41) is 12.6. The summed E-state index contributed by atoms with van der Waals surface area (Å²) < 4.78 is 0. The van der Waals surface area contributed by atoms with Crippen LogP contribution in [0.4, 0.5) is 0 Å². The van der Waals surface area contributed by atoms with Crippen molar-refractivity contribution in [3.8, 4) is 0 Å². The van der Waals surface area contributed by atoms with Gasteiger partial charge in [-0.2, -0.15) is 0 Å². The largest absolute Gasteiger partial charge is 0.354 e. The van der Waals surface area contributed by atoms with Gasteiger partial charge in [0, 0.05) is 87.2 Å². The van der Waals surface area contributed by atoms with E-state index in [1.165, 1.54) is 98.0 Å². The second kappa shape index (κ2) is 6.36. The van der Waals surface area contributed by atoms with Crippen molar-refractivity contribution in [3.63, 3.8) is 0 Å². The van der Waals surface area contributed by atoms with Crippen LogP contribution in [0.1, 0.15) is 0 Å². The number of aromatic nitrogens is 4. The first-order valence-corrected chi connectivity index (χ1v) is 13.0. The maximum absolute atomic E-state index is 3.71. The van der Waals surface area contributed by atoms with E-state index >= 15 is 0 Å². The molecule has 0 atom stereocenters. The van der Waals surface area contributed by atoms with E-state index in [1.807, 2.05) is 0 Å². The molecule has 0 saturated carbocycles. The molecule has 10 aromatic rings. The van der Waals surface area contributed by atoms with Gasteiger partial charge in [0.1, 0.15) is 0 Å². The van der Waals surface area contributed by atoms with E-state index in [2.05, 4.69) is 117 Å². The Bertz CT molecular complexity index is 2440. The molecule has 176 valence electrons. The fraction of sp³-hybridized carbons (Fsp3) is 0. The molecule has 0 aliphatic carbocycles. The highest BCUT2D eigenvalue weighted by atomic mass is 14.7. The first kappa shape index (κ1) is 19.0. The fourth-order valence-electron chi connectivity index (χ4n) is 6.90. The van der Waals surface area contributed by atoms with Crippen molar-refractivity contribution >= 4 is 98.0 Å². The van der Waals surface area contributed by atoms with Gasteiger partial charge in [-0.15, -0.1) is 0 Å². The number of benzene rings is 6. The van der Waals surface area contributed by atoms with Crippen molar-refractivity contribution in [2.24, 2.45) is 0 Å². The highest BCUT2D eigenvalue weighted by Crippen LogP contribution is 2.41. The molecule has 0 aliphatic rings. The first-order chi connectivity index (χ1) is 18.8. The molecule has 6 aromatic carbocycles. The topological polar surface area (TPSA) is 63.2 Å². The third-order valence-electron chi connectivity index (χ3n) is 8.57. The molecule has 0 radical (unpaired) electrons. The van der Waals surface area contributed by atoms with Crippen molar-refractivity contribution in [3.05, 3.63) is 97.1 Å². The van der Waals surface area contributed by atoms with Gasteiger partial charge >= 0.3 is 0 Å². The summed E-state index contributed by atoms with van der Waals surface area (Å²) in [5.41, 5.74) is 9.37. The third kappa shape index (κ3) is 2.22. The van der Waals surface area contributed by atoms with Crippen LogP contribution in [0.15, 0.2) is 97.1 Å². The van der Waals surface area contributed by atoms with Gasteiger partial charge in [0.15, 0.2) is 0 Å². The zero-order valence-corrected chi connectivity index (χ0v) is 20.2. The van der Waals surface area contributed by atoms with Crippen LogP contribution in [-0.2, 0) is 0 Å². The summed E-state index contributed by atoms with van der Waals surface area (Å²) in [6.07, 6.45) is 0. The van der Waals surface area contributed by atoms with Crippen LogP contribution >= 0.6 is 0 Å². The highest BCUT2D eigenvalue weighted by molar-refractivity contribution is 6.30. The van der Waals surface area contributed by atoms with E-state index in [1.54, 1.807) is 0 Å². The summed E-state index contributed by atoms with van der Waals surface area (Å²) in [6, 6.07) is 35.3. The van der Waals surface area contributed by atoms with Crippen LogP contribution < -0.4 is 0 Å². The van der Waals surface area contributed by atoms with Crippen LogP contribution in [0.25, 0.3) is 98.0 Å². The predicted molar refractivity (Wildman–Crippen MR) is 161 cm³/mol. The standard InChI is InChI=1S/C34H20N4/c1-3-7-25-17(5-1)21-13-31-23(15-29(21)35-25)33-19-10-12-28-34(20(19)9-11-27(33)37-31)24-16-30-22(14-32(24)38-28)18-6-2-4-8-26(18)36-30/h1-16,35-38H. The molecule has 0 unspecified atom stereocenters. The van der Waals surface area contributed by atoms with Crippen LogP contribution in [-0.4, -0.2) is 19.9 Å². The quantitative estimate of drug-likeness (QED) is 0.166. The zero-order chi connectivity index (χ0) is 24.5. The lowest BCUT2D eigenvalue weighted by Crippen LogP contribution is -1.78. The molecule has 10 rings (SSSR count). The molecule has 4 N–H and O–H groups in total. The van der Waals surface area contributed by atoms with Gasteiger partial charge in [-0.25, -0.2) is 0 Å². The summed E-state index contributed by atoms with van der Waals surface area (Å²) in [7, 11) is 0. The molecule has 38 heavy (non-hydrogen) atoms. The van der Waals surface area contributed by atoms with Crippen LogP contribution in [0.5, 0.6) is 0 Å². The second-order valence-corrected chi connectivity index (χ2v) is 10.5. The summed E-state index contributed by atoms with van der Waals surface area (Å²) >= 11 is 0. The van der Waals surface area contributed by atoms with Crippen molar-refractivity contribution in [2.75, 3.05) is 0 Å². The van der Waals surface area contributed by atoms with Crippen LogP contribution in [0.3, 0.4) is 0 Å². The number of H-pyrrole nitrogens is 4. The van der Waals surface area contributed by atoms with Crippen molar-refractivity contribution in [2.45, 2.75) is 0 Å². The Morgan fingerprint density at radius 1 is 0.263 bits per heavy atom. The molecule has 0 aliphatic heterocycles. The molecule has 4 heteroatoms. The highest BCUT2D eigenvalue weighted by Gasteiger charge is 2.16. The number of hydrogen-bond acceptors (Lipinski definition) is 0. The maximum atomic E-state index is 3.71. The number of hydrogen-bond donors (Lipinski definition) is 4. The van der Waals surface area contributed by atoms with Crippen LogP contribution in [0, 0.1) is 0 Å². The Balaban J connectivity index is 1.34. The minimum absolute atomic E-state index is 1.17. The molecule has 0 saturated heterocycles. The van der Waals surface area contributed by atoms with Crippen molar-refractivity contribution < 1.29 is 0 Å². The number of fused-ring (bicyclic) bond motifs is 15. The van der Waals surface area contributed by atoms with Crippen molar-refractivity contribution in [1.29, 1.82) is 0 Å². The van der Waals surface area contributed by atoms with Gasteiger partial charge in [-0.3, -0.25) is 0 Å². The molecule has 0 fully saturated rings. The zero-order valence-electron chi connectivity index (χ0n) is 20.2. The van der Waals surface area contributed by atoms with E-state index in [0.29, 0.717) is 0 Å². The van der Waals surface area contributed by atoms with Gasteiger partial charge in [0.05, 0.1) is 0 Å². The lowest BCUT2D eigenvalue weighted by atomic mass is 9.98. The molecular weight excluding hydrogens is 464 g/mol. The Hall–Kier alpha value is -5.22. The third-order valence-corrected chi connectivity index (χ3v) is 8.57. The maximum Gasteiger partial charge on any atom is 0.0472 e. The SMILES string of the molecule is c1ccc2c(c1)[nH]c1cc3c(cc12)[nH]c1ccc2c(ccc4[nH]c5cc6c(cc5c42)[nH]c2ccccc26)c13. The minimum Gasteiger partial charge on any atom is -0.354 e. The van der Waals surface area contributed by atoms with E-state index in [0.717, 1.165) is 0 Å². The number of rotatable bonds is 0. The lowest BCUT2D eigenvalue weighted by molar-refractivity contribution is 1.54. The Labute approximate surface area is 214 Å². The Morgan fingerprint density at radius 3 is 1.16 bits per heavy atom. The van der Waals surface area contributed by atoms with E-state index in [-0.39, 0.29) is 0 Å².